The number of unbranched alkanes of at least 4 members (excludes halogenated alkanes) is 1. The molecule has 30 heavy (non-hydrogen) atoms. The number of carbonyl (C=O) groups excluding carboxylic acids is 4. The van der Waals surface area contributed by atoms with E-state index in [1.54, 1.807) is 0 Å². The topological polar surface area (TPSA) is 220 Å². The highest BCUT2D eigenvalue weighted by molar-refractivity contribution is 7.80. The molecule has 0 saturated carbocycles. The van der Waals surface area contributed by atoms with Gasteiger partial charge in [0, 0.05) is 12.2 Å². The first kappa shape index (κ1) is 27.6. The van der Waals surface area contributed by atoms with Crippen LogP contribution in [0.4, 0.5) is 0 Å². The van der Waals surface area contributed by atoms with Crippen molar-refractivity contribution in [3.63, 3.8) is 0 Å². The molecule has 0 rings (SSSR count). The molecule has 0 aliphatic heterocycles. The van der Waals surface area contributed by atoms with E-state index in [9.17, 15) is 24.0 Å². The average Bonchev–Trinajstić information content (AvgIpc) is 2.68. The van der Waals surface area contributed by atoms with Crippen molar-refractivity contribution in [2.45, 2.75) is 63.2 Å². The van der Waals surface area contributed by atoms with Gasteiger partial charge in [0.1, 0.15) is 18.1 Å². The number of aliphatic carboxylic acids is 1. The van der Waals surface area contributed by atoms with Gasteiger partial charge in [0.15, 0.2) is 0 Å². The third-order valence-corrected chi connectivity index (χ3v) is 4.53. The minimum absolute atomic E-state index is 0.0277. The third kappa shape index (κ3) is 11.0. The van der Waals surface area contributed by atoms with Crippen LogP contribution in [0, 0.1) is 0 Å². The summed E-state index contributed by atoms with van der Waals surface area (Å²) in [5.41, 5.74) is 16.1. The molecule has 0 aromatic heterocycles. The maximum Gasteiger partial charge on any atom is 0.327 e. The molecule has 0 spiro atoms. The Morgan fingerprint density at radius 1 is 0.933 bits per heavy atom. The van der Waals surface area contributed by atoms with Gasteiger partial charge in [0.2, 0.25) is 23.6 Å². The second-order valence-electron chi connectivity index (χ2n) is 6.77. The molecule has 0 bridgehead atoms. The fourth-order valence-corrected chi connectivity index (χ4v) is 2.58. The van der Waals surface area contributed by atoms with Gasteiger partial charge >= 0.3 is 5.97 Å². The van der Waals surface area contributed by atoms with Gasteiger partial charge in [-0.25, -0.2) is 4.79 Å². The zero-order valence-corrected chi connectivity index (χ0v) is 17.8. The Labute approximate surface area is 180 Å². The van der Waals surface area contributed by atoms with Gasteiger partial charge in [-0.05, 0) is 39.2 Å². The maximum absolute atomic E-state index is 12.4. The van der Waals surface area contributed by atoms with Crippen molar-refractivity contribution in [3.05, 3.63) is 0 Å². The Hall–Kier alpha value is -2.38. The molecule has 13 heteroatoms. The Morgan fingerprint density at radius 2 is 1.53 bits per heavy atom. The van der Waals surface area contributed by atoms with Gasteiger partial charge < -0.3 is 38.3 Å². The molecule has 0 fully saturated rings. The monoisotopic (exact) mass is 448 g/mol. The van der Waals surface area contributed by atoms with Crippen molar-refractivity contribution < 1.29 is 29.1 Å². The molecule has 4 atom stereocenters. The summed E-state index contributed by atoms with van der Waals surface area (Å²) in [5.74, 6) is -3.97. The number of rotatable bonds is 15. The van der Waals surface area contributed by atoms with Crippen LogP contribution in [0.2, 0.25) is 0 Å². The molecular formula is C17H32N6O6S. The summed E-state index contributed by atoms with van der Waals surface area (Å²) in [7, 11) is 0. The number of thiol groups is 1. The average molecular weight is 449 g/mol. The molecule has 0 aromatic rings. The van der Waals surface area contributed by atoms with Crippen molar-refractivity contribution >= 4 is 42.2 Å². The van der Waals surface area contributed by atoms with E-state index in [1.165, 1.54) is 6.92 Å². The van der Waals surface area contributed by atoms with Crippen LogP contribution in [0.3, 0.4) is 0 Å². The van der Waals surface area contributed by atoms with Crippen LogP contribution in [0.25, 0.3) is 0 Å². The van der Waals surface area contributed by atoms with Gasteiger partial charge in [-0.3, -0.25) is 19.2 Å². The number of nitrogens with two attached hydrogens (primary N) is 3. The Kier molecular flexibility index (Phi) is 13.4. The number of hydrogen-bond donors (Lipinski definition) is 8. The number of carboxylic acids is 1. The number of carbonyl (C=O) groups is 5. The quantitative estimate of drug-likeness (QED) is 0.0963. The van der Waals surface area contributed by atoms with Crippen molar-refractivity contribution in [2.75, 3.05) is 12.3 Å². The van der Waals surface area contributed by atoms with Crippen LogP contribution in [-0.2, 0) is 24.0 Å². The third-order valence-electron chi connectivity index (χ3n) is 4.17. The largest absolute Gasteiger partial charge is 0.480 e. The molecule has 10 N–H and O–H groups in total. The number of carboxylic acid groups (broad SMARTS) is 1. The number of hydrogen-bond acceptors (Lipinski definition) is 8. The van der Waals surface area contributed by atoms with Crippen LogP contribution in [-0.4, -0.2) is 71.2 Å². The highest BCUT2D eigenvalue weighted by Crippen LogP contribution is 2.03. The second kappa shape index (κ2) is 14.6. The summed E-state index contributed by atoms with van der Waals surface area (Å²) < 4.78 is 0. The van der Waals surface area contributed by atoms with Gasteiger partial charge in [0.25, 0.3) is 0 Å². The first-order valence-electron chi connectivity index (χ1n) is 9.52. The van der Waals surface area contributed by atoms with E-state index in [4.69, 9.17) is 22.3 Å². The minimum atomic E-state index is -1.25. The van der Waals surface area contributed by atoms with Crippen molar-refractivity contribution in [1.29, 1.82) is 0 Å². The van der Waals surface area contributed by atoms with Gasteiger partial charge in [-0.1, -0.05) is 0 Å². The van der Waals surface area contributed by atoms with Gasteiger partial charge in [-0.15, -0.1) is 0 Å². The summed E-state index contributed by atoms with van der Waals surface area (Å²) in [4.78, 5) is 58.8. The molecule has 12 nitrogen and oxygen atoms in total. The molecule has 172 valence electrons. The van der Waals surface area contributed by atoms with E-state index in [0.29, 0.717) is 19.4 Å². The number of amides is 4. The molecule has 0 saturated heterocycles. The first-order chi connectivity index (χ1) is 14.0. The molecule has 0 aliphatic carbocycles. The molecule has 4 unspecified atom stereocenters. The van der Waals surface area contributed by atoms with Crippen molar-refractivity contribution in [3.8, 4) is 0 Å². The normalized spacial score (nSPS) is 14.7. The smallest absolute Gasteiger partial charge is 0.327 e. The highest BCUT2D eigenvalue weighted by Gasteiger charge is 2.28. The van der Waals surface area contributed by atoms with Crippen molar-refractivity contribution in [1.82, 2.24) is 16.0 Å². The predicted octanol–water partition coefficient (Wildman–Crippen LogP) is -2.80. The number of nitrogens with one attached hydrogen (secondary N) is 3. The lowest BCUT2D eigenvalue weighted by Crippen LogP contribution is -2.56. The molecular weight excluding hydrogens is 416 g/mol. The Morgan fingerprint density at radius 3 is 2.03 bits per heavy atom. The molecule has 0 radical (unpaired) electrons. The summed E-state index contributed by atoms with van der Waals surface area (Å²) in [6, 6.07) is -4.28. The van der Waals surface area contributed by atoms with Crippen LogP contribution < -0.4 is 33.2 Å². The lowest BCUT2D eigenvalue weighted by molar-refractivity contribution is -0.141. The Bertz CT molecular complexity index is 620. The van der Waals surface area contributed by atoms with Crippen LogP contribution in [0.1, 0.15) is 39.0 Å². The lowest BCUT2D eigenvalue weighted by Gasteiger charge is -2.23. The van der Waals surface area contributed by atoms with E-state index in [2.05, 4.69) is 28.6 Å². The van der Waals surface area contributed by atoms with E-state index in [-0.39, 0.29) is 25.0 Å². The zero-order chi connectivity index (χ0) is 23.3. The van der Waals surface area contributed by atoms with Crippen LogP contribution in [0.15, 0.2) is 0 Å². The number of primary amides is 1. The van der Waals surface area contributed by atoms with Crippen LogP contribution >= 0.6 is 12.6 Å². The van der Waals surface area contributed by atoms with Crippen LogP contribution in [0.5, 0.6) is 0 Å². The molecule has 0 aliphatic rings. The fourth-order valence-electron chi connectivity index (χ4n) is 2.33. The van der Waals surface area contributed by atoms with E-state index >= 15 is 0 Å². The van der Waals surface area contributed by atoms with E-state index < -0.39 is 53.8 Å². The summed E-state index contributed by atoms with van der Waals surface area (Å²) in [5, 5.41) is 16.3. The molecule has 0 heterocycles. The summed E-state index contributed by atoms with van der Waals surface area (Å²) in [6.45, 7) is 1.79. The van der Waals surface area contributed by atoms with Crippen molar-refractivity contribution in [2.24, 2.45) is 17.2 Å². The SMILES string of the molecule is CC(NC(=O)C(N)CCC(N)=O)C(=O)NC(CCCCN)C(=O)NC(CS)C(=O)O. The standard InChI is InChI=1S/C17H32N6O6S/c1-9(21-15(26)10(19)5-6-13(20)24)14(25)22-11(4-2-3-7-18)16(27)23-12(8-30)17(28)29/h9-12,30H,2-8,18-19H2,1H3,(H2,20,24)(H,21,26)(H,22,25)(H,23,27)(H,28,29). The van der Waals surface area contributed by atoms with Gasteiger partial charge in [-0.2, -0.15) is 12.6 Å². The molecule has 4 amide bonds. The van der Waals surface area contributed by atoms with E-state index in [1.807, 2.05) is 0 Å². The first-order valence-corrected chi connectivity index (χ1v) is 10.1. The minimum Gasteiger partial charge on any atom is -0.480 e. The molecule has 0 aromatic carbocycles. The fraction of sp³-hybridized carbons (Fsp3) is 0.706. The van der Waals surface area contributed by atoms with Gasteiger partial charge in [0.05, 0.1) is 6.04 Å². The summed E-state index contributed by atoms with van der Waals surface area (Å²) >= 11 is 3.89. The maximum atomic E-state index is 12.4. The summed E-state index contributed by atoms with van der Waals surface area (Å²) in [6.07, 6.45) is 1.31. The van der Waals surface area contributed by atoms with E-state index in [0.717, 1.165) is 0 Å². The second-order valence-corrected chi connectivity index (χ2v) is 7.13. The highest BCUT2D eigenvalue weighted by atomic mass is 32.1. The lowest BCUT2D eigenvalue weighted by atomic mass is 10.1. The Balaban J connectivity index is 4.95. The zero-order valence-electron chi connectivity index (χ0n) is 16.9. The predicted molar refractivity (Wildman–Crippen MR) is 112 cm³/mol.